The molecular formula is C10H12ClNO. The van der Waals surface area contributed by atoms with Gasteiger partial charge in [0.25, 0.3) is 0 Å². The summed E-state index contributed by atoms with van der Waals surface area (Å²) in [6, 6.07) is 7.93. The Hall–Kier alpha value is -1.02. The van der Waals surface area contributed by atoms with Crippen LogP contribution in [0, 0.1) is 6.92 Å². The number of carbonyl (C=O) groups is 1. The van der Waals surface area contributed by atoms with Crippen LogP contribution in [0.3, 0.4) is 0 Å². The van der Waals surface area contributed by atoms with Crippen molar-refractivity contribution >= 4 is 17.0 Å². The molecule has 0 atom stereocenters. The van der Waals surface area contributed by atoms with Crippen LogP contribution in [-0.2, 0) is 6.54 Å². The SMILES string of the molecule is Cc1ccccc1CN(C)C(=O)Cl. The summed E-state index contributed by atoms with van der Waals surface area (Å²) in [6.07, 6.45) is 0. The second-order valence-corrected chi connectivity index (χ2v) is 3.36. The van der Waals surface area contributed by atoms with Gasteiger partial charge in [0.2, 0.25) is 0 Å². The molecule has 70 valence electrons. The van der Waals surface area contributed by atoms with Crippen LogP contribution in [0.15, 0.2) is 24.3 Å². The Morgan fingerprint density at radius 3 is 2.62 bits per heavy atom. The predicted octanol–water partition coefficient (Wildman–Crippen LogP) is 2.79. The van der Waals surface area contributed by atoms with Gasteiger partial charge < -0.3 is 4.90 Å². The standard InChI is InChI=1S/C10H12ClNO/c1-8-5-3-4-6-9(8)7-12(2)10(11)13/h3-6H,7H2,1-2H3. The fourth-order valence-electron chi connectivity index (χ4n) is 1.11. The van der Waals surface area contributed by atoms with E-state index in [-0.39, 0.29) is 0 Å². The van der Waals surface area contributed by atoms with Gasteiger partial charge in [0.1, 0.15) is 0 Å². The quantitative estimate of drug-likeness (QED) is 0.528. The van der Waals surface area contributed by atoms with Crippen molar-refractivity contribution in [1.82, 2.24) is 4.90 Å². The molecule has 1 rings (SSSR count). The number of halogens is 1. The first kappa shape index (κ1) is 10.1. The minimum Gasteiger partial charge on any atom is -0.328 e. The smallest absolute Gasteiger partial charge is 0.316 e. The third kappa shape index (κ3) is 2.74. The van der Waals surface area contributed by atoms with E-state index in [1.54, 1.807) is 7.05 Å². The van der Waals surface area contributed by atoms with Crippen LogP contribution in [-0.4, -0.2) is 17.3 Å². The first-order valence-electron chi connectivity index (χ1n) is 4.06. The first-order valence-corrected chi connectivity index (χ1v) is 4.44. The average molecular weight is 198 g/mol. The highest BCUT2D eigenvalue weighted by Crippen LogP contribution is 2.10. The molecule has 0 aliphatic heterocycles. The lowest BCUT2D eigenvalue weighted by atomic mass is 10.1. The van der Waals surface area contributed by atoms with Gasteiger partial charge >= 0.3 is 5.37 Å². The Morgan fingerprint density at radius 2 is 2.08 bits per heavy atom. The van der Waals surface area contributed by atoms with Crippen LogP contribution in [0.5, 0.6) is 0 Å². The zero-order chi connectivity index (χ0) is 9.84. The molecule has 1 aromatic rings. The monoisotopic (exact) mass is 197 g/mol. The minimum atomic E-state index is -0.428. The summed E-state index contributed by atoms with van der Waals surface area (Å²) in [7, 11) is 1.68. The molecular weight excluding hydrogens is 186 g/mol. The zero-order valence-electron chi connectivity index (χ0n) is 7.75. The van der Waals surface area contributed by atoms with E-state index in [4.69, 9.17) is 11.6 Å². The summed E-state index contributed by atoms with van der Waals surface area (Å²) >= 11 is 5.32. The van der Waals surface area contributed by atoms with Crippen LogP contribution in [0.25, 0.3) is 0 Å². The first-order chi connectivity index (χ1) is 6.11. The third-order valence-electron chi connectivity index (χ3n) is 1.97. The number of hydrogen-bond acceptors (Lipinski definition) is 1. The van der Waals surface area contributed by atoms with E-state index in [9.17, 15) is 4.79 Å². The van der Waals surface area contributed by atoms with Crippen LogP contribution in [0.4, 0.5) is 4.79 Å². The van der Waals surface area contributed by atoms with Gasteiger partial charge in [-0.05, 0) is 29.7 Å². The fourth-order valence-corrected chi connectivity index (χ4v) is 1.16. The number of carbonyl (C=O) groups excluding carboxylic acids is 1. The minimum absolute atomic E-state index is 0.428. The van der Waals surface area contributed by atoms with Gasteiger partial charge in [-0.1, -0.05) is 24.3 Å². The predicted molar refractivity (Wildman–Crippen MR) is 53.9 cm³/mol. The van der Waals surface area contributed by atoms with Crippen LogP contribution in [0.2, 0.25) is 0 Å². The average Bonchev–Trinajstić information content (AvgIpc) is 2.08. The Labute approximate surface area is 83.1 Å². The molecule has 0 unspecified atom stereocenters. The van der Waals surface area contributed by atoms with Crippen molar-refractivity contribution in [2.45, 2.75) is 13.5 Å². The molecule has 1 aromatic carbocycles. The third-order valence-corrected chi connectivity index (χ3v) is 2.26. The number of hydrogen-bond donors (Lipinski definition) is 0. The molecule has 0 aromatic heterocycles. The van der Waals surface area contributed by atoms with Gasteiger partial charge in [0.15, 0.2) is 0 Å². The van der Waals surface area contributed by atoms with Gasteiger partial charge in [-0.3, -0.25) is 4.79 Å². The van der Waals surface area contributed by atoms with Crippen molar-refractivity contribution < 1.29 is 4.79 Å². The van der Waals surface area contributed by atoms with E-state index in [2.05, 4.69) is 0 Å². The van der Waals surface area contributed by atoms with Crippen LogP contribution >= 0.6 is 11.6 Å². The van der Waals surface area contributed by atoms with Crippen LogP contribution in [0.1, 0.15) is 11.1 Å². The normalized spacial score (nSPS) is 9.77. The lowest BCUT2D eigenvalue weighted by molar-refractivity contribution is 0.230. The lowest BCUT2D eigenvalue weighted by Gasteiger charge is -2.14. The molecule has 2 nitrogen and oxygen atoms in total. The number of amides is 1. The van der Waals surface area contributed by atoms with Crippen LogP contribution < -0.4 is 0 Å². The summed E-state index contributed by atoms with van der Waals surface area (Å²) < 4.78 is 0. The molecule has 3 heteroatoms. The molecule has 0 N–H and O–H groups in total. The fraction of sp³-hybridized carbons (Fsp3) is 0.300. The maximum absolute atomic E-state index is 10.8. The highest BCUT2D eigenvalue weighted by Gasteiger charge is 2.06. The maximum Gasteiger partial charge on any atom is 0.316 e. The molecule has 0 radical (unpaired) electrons. The van der Waals surface area contributed by atoms with E-state index in [1.807, 2.05) is 31.2 Å². The van der Waals surface area contributed by atoms with Crippen molar-refractivity contribution in [1.29, 1.82) is 0 Å². The molecule has 0 aliphatic carbocycles. The Morgan fingerprint density at radius 1 is 1.46 bits per heavy atom. The summed E-state index contributed by atoms with van der Waals surface area (Å²) in [6.45, 7) is 2.58. The van der Waals surface area contributed by atoms with Gasteiger partial charge in [-0.2, -0.15) is 0 Å². The molecule has 0 heterocycles. The Balaban J connectivity index is 2.74. The van der Waals surface area contributed by atoms with Crippen molar-refractivity contribution in [2.24, 2.45) is 0 Å². The molecule has 0 saturated heterocycles. The van der Waals surface area contributed by atoms with Gasteiger partial charge in [0.05, 0.1) is 0 Å². The maximum atomic E-state index is 10.8. The Bertz CT molecular complexity index is 312. The molecule has 0 saturated carbocycles. The summed E-state index contributed by atoms with van der Waals surface area (Å²) in [5, 5.41) is -0.428. The van der Waals surface area contributed by atoms with Gasteiger partial charge in [0, 0.05) is 13.6 Å². The van der Waals surface area contributed by atoms with Gasteiger partial charge in [-0.25, -0.2) is 0 Å². The topological polar surface area (TPSA) is 20.3 Å². The van der Waals surface area contributed by atoms with Gasteiger partial charge in [-0.15, -0.1) is 0 Å². The van der Waals surface area contributed by atoms with Crippen molar-refractivity contribution in [2.75, 3.05) is 7.05 Å². The van der Waals surface area contributed by atoms with Crippen molar-refractivity contribution in [3.05, 3.63) is 35.4 Å². The number of aryl methyl sites for hydroxylation is 1. The van der Waals surface area contributed by atoms with E-state index in [0.717, 1.165) is 5.56 Å². The largest absolute Gasteiger partial charge is 0.328 e. The number of nitrogens with zero attached hydrogens (tertiary/aromatic N) is 1. The molecule has 0 spiro atoms. The summed E-state index contributed by atoms with van der Waals surface area (Å²) in [4.78, 5) is 12.2. The molecule has 0 bridgehead atoms. The lowest BCUT2D eigenvalue weighted by Crippen LogP contribution is -2.20. The van der Waals surface area contributed by atoms with E-state index in [1.165, 1.54) is 10.5 Å². The summed E-state index contributed by atoms with van der Waals surface area (Å²) in [5.74, 6) is 0. The summed E-state index contributed by atoms with van der Waals surface area (Å²) in [5.41, 5.74) is 2.30. The second kappa shape index (κ2) is 4.28. The number of rotatable bonds is 2. The van der Waals surface area contributed by atoms with E-state index < -0.39 is 5.37 Å². The molecule has 0 aliphatic rings. The Kier molecular flexibility index (Phi) is 3.32. The van der Waals surface area contributed by atoms with E-state index >= 15 is 0 Å². The van der Waals surface area contributed by atoms with Crippen molar-refractivity contribution in [3.63, 3.8) is 0 Å². The molecule has 1 amide bonds. The van der Waals surface area contributed by atoms with E-state index in [0.29, 0.717) is 6.54 Å². The van der Waals surface area contributed by atoms with Crippen molar-refractivity contribution in [3.8, 4) is 0 Å². The molecule has 13 heavy (non-hydrogen) atoms. The molecule has 0 fully saturated rings. The number of benzene rings is 1. The second-order valence-electron chi connectivity index (χ2n) is 3.04. The highest BCUT2D eigenvalue weighted by atomic mass is 35.5. The highest BCUT2D eigenvalue weighted by molar-refractivity contribution is 6.62. The zero-order valence-corrected chi connectivity index (χ0v) is 8.51.